The van der Waals surface area contributed by atoms with Crippen LogP contribution in [-0.2, 0) is 6.42 Å². The third-order valence-electron chi connectivity index (χ3n) is 2.67. The summed E-state index contributed by atoms with van der Waals surface area (Å²) in [5, 5.41) is 0.396. The molecule has 2 N–H and O–H groups in total. The summed E-state index contributed by atoms with van der Waals surface area (Å²) in [7, 11) is 0. The van der Waals surface area contributed by atoms with Gasteiger partial charge >= 0.3 is 0 Å². The number of ether oxygens (including phenoxy) is 1. The molecule has 0 aliphatic carbocycles. The summed E-state index contributed by atoms with van der Waals surface area (Å²) in [5.41, 5.74) is 6.70. The summed E-state index contributed by atoms with van der Waals surface area (Å²) < 4.78 is 31.3. The molecule has 2 aromatic carbocycles. The van der Waals surface area contributed by atoms with Crippen molar-refractivity contribution in [1.29, 1.82) is 0 Å². The average molecular weight is 298 g/mol. The van der Waals surface area contributed by atoms with Gasteiger partial charge in [0.25, 0.3) is 0 Å². The Morgan fingerprint density at radius 3 is 2.50 bits per heavy atom. The largest absolute Gasteiger partial charge is 0.456 e. The predicted octanol–water partition coefficient (Wildman–Crippen LogP) is 4.30. The molecule has 20 heavy (non-hydrogen) atoms. The second kappa shape index (κ2) is 6.20. The molecule has 1 unspecified atom stereocenters. The average Bonchev–Trinajstić information content (AvgIpc) is 2.36. The first-order valence-corrected chi connectivity index (χ1v) is 6.50. The maximum Gasteiger partial charge on any atom is 0.162 e. The van der Waals surface area contributed by atoms with Crippen molar-refractivity contribution in [1.82, 2.24) is 0 Å². The molecule has 1 atom stereocenters. The maximum atomic E-state index is 13.1. The Bertz CT molecular complexity index is 617. The van der Waals surface area contributed by atoms with Crippen molar-refractivity contribution in [3.05, 3.63) is 58.6 Å². The van der Waals surface area contributed by atoms with Gasteiger partial charge in [0.05, 0.1) is 5.02 Å². The second-order valence-electron chi connectivity index (χ2n) is 4.62. The van der Waals surface area contributed by atoms with Gasteiger partial charge < -0.3 is 10.5 Å². The number of nitrogens with two attached hydrogens (primary N) is 1. The summed E-state index contributed by atoms with van der Waals surface area (Å²) in [6.45, 7) is 1.90. The minimum atomic E-state index is -0.966. The lowest BCUT2D eigenvalue weighted by Crippen LogP contribution is -2.17. The van der Waals surface area contributed by atoms with Gasteiger partial charge in [0.15, 0.2) is 11.6 Å². The van der Waals surface area contributed by atoms with Gasteiger partial charge in [0.1, 0.15) is 11.5 Å². The van der Waals surface area contributed by atoms with E-state index in [1.807, 2.05) is 13.0 Å². The van der Waals surface area contributed by atoms with E-state index in [0.717, 1.165) is 17.7 Å². The molecule has 0 bridgehead atoms. The maximum absolute atomic E-state index is 13.1. The lowest BCUT2D eigenvalue weighted by atomic mass is 10.1. The molecule has 2 rings (SSSR count). The van der Waals surface area contributed by atoms with Crippen molar-refractivity contribution in [2.24, 2.45) is 5.73 Å². The van der Waals surface area contributed by atoms with Crippen LogP contribution in [0.25, 0.3) is 0 Å². The first kappa shape index (κ1) is 14.8. The van der Waals surface area contributed by atoms with E-state index >= 15 is 0 Å². The first-order chi connectivity index (χ1) is 9.45. The highest BCUT2D eigenvalue weighted by Gasteiger charge is 2.08. The van der Waals surface area contributed by atoms with Gasteiger partial charge in [-0.2, -0.15) is 0 Å². The van der Waals surface area contributed by atoms with Crippen LogP contribution < -0.4 is 10.5 Å². The number of rotatable bonds is 4. The fraction of sp³-hybridized carbons (Fsp3) is 0.200. The molecule has 0 aliphatic rings. The van der Waals surface area contributed by atoms with Crippen LogP contribution in [0.15, 0.2) is 36.4 Å². The van der Waals surface area contributed by atoms with Gasteiger partial charge in [-0.25, -0.2) is 8.78 Å². The third-order valence-corrected chi connectivity index (χ3v) is 2.97. The monoisotopic (exact) mass is 297 g/mol. The van der Waals surface area contributed by atoms with Crippen LogP contribution in [0.4, 0.5) is 8.78 Å². The summed E-state index contributed by atoms with van der Waals surface area (Å²) in [6, 6.07) is 8.62. The summed E-state index contributed by atoms with van der Waals surface area (Å²) in [6.07, 6.45) is 0.700. The Morgan fingerprint density at radius 2 is 1.90 bits per heavy atom. The normalized spacial score (nSPS) is 12.2. The lowest BCUT2D eigenvalue weighted by Gasteiger charge is -2.10. The highest BCUT2D eigenvalue weighted by Crippen LogP contribution is 2.31. The topological polar surface area (TPSA) is 35.2 Å². The van der Waals surface area contributed by atoms with Crippen LogP contribution in [0.3, 0.4) is 0 Å². The summed E-state index contributed by atoms with van der Waals surface area (Å²) in [4.78, 5) is 0. The molecule has 2 nitrogen and oxygen atoms in total. The molecule has 0 amide bonds. The van der Waals surface area contributed by atoms with Crippen LogP contribution >= 0.6 is 11.6 Å². The van der Waals surface area contributed by atoms with E-state index < -0.39 is 11.6 Å². The van der Waals surface area contributed by atoms with Crippen molar-refractivity contribution in [3.8, 4) is 11.5 Å². The lowest BCUT2D eigenvalue weighted by molar-refractivity contribution is 0.461. The van der Waals surface area contributed by atoms with Gasteiger partial charge in [0.2, 0.25) is 0 Å². The zero-order valence-corrected chi connectivity index (χ0v) is 11.6. The molecule has 0 saturated heterocycles. The fourth-order valence-electron chi connectivity index (χ4n) is 1.79. The zero-order chi connectivity index (χ0) is 14.7. The molecular weight excluding hydrogens is 284 g/mol. The van der Waals surface area contributed by atoms with E-state index in [0.29, 0.717) is 17.2 Å². The van der Waals surface area contributed by atoms with E-state index in [4.69, 9.17) is 22.1 Å². The van der Waals surface area contributed by atoms with Crippen LogP contribution in [0.2, 0.25) is 5.02 Å². The van der Waals surface area contributed by atoms with E-state index in [-0.39, 0.29) is 11.8 Å². The van der Waals surface area contributed by atoms with E-state index in [1.54, 1.807) is 12.1 Å². The van der Waals surface area contributed by atoms with Crippen LogP contribution in [0.5, 0.6) is 11.5 Å². The van der Waals surface area contributed by atoms with Crippen LogP contribution in [0.1, 0.15) is 12.5 Å². The Labute approximate surface area is 121 Å². The molecule has 0 heterocycles. The highest BCUT2D eigenvalue weighted by molar-refractivity contribution is 6.32. The molecule has 0 aliphatic heterocycles. The fourth-order valence-corrected chi connectivity index (χ4v) is 2.03. The molecule has 0 aromatic heterocycles. The summed E-state index contributed by atoms with van der Waals surface area (Å²) >= 11 is 6.10. The van der Waals surface area contributed by atoms with Gasteiger partial charge in [0, 0.05) is 12.1 Å². The molecule has 0 spiro atoms. The van der Waals surface area contributed by atoms with Crippen molar-refractivity contribution < 1.29 is 13.5 Å². The van der Waals surface area contributed by atoms with Gasteiger partial charge in [-0.1, -0.05) is 17.7 Å². The Balaban J connectivity index is 2.19. The van der Waals surface area contributed by atoms with E-state index in [9.17, 15) is 8.78 Å². The molecule has 2 aromatic rings. The highest BCUT2D eigenvalue weighted by atomic mass is 35.5. The van der Waals surface area contributed by atoms with Crippen molar-refractivity contribution in [2.45, 2.75) is 19.4 Å². The SMILES string of the molecule is CC(N)Cc1ccc(Oc2ccc(F)c(F)c2)c(Cl)c1. The number of benzene rings is 2. The Morgan fingerprint density at radius 1 is 1.15 bits per heavy atom. The molecule has 5 heteroatoms. The standard InChI is InChI=1S/C15H14ClF2NO/c1-9(19)6-10-2-5-15(12(16)7-10)20-11-3-4-13(17)14(18)8-11/h2-5,7-9H,6,19H2,1H3. The molecular formula is C15H14ClF2NO. The minimum Gasteiger partial charge on any atom is -0.456 e. The molecule has 0 fully saturated rings. The third kappa shape index (κ3) is 3.68. The zero-order valence-electron chi connectivity index (χ0n) is 10.9. The van der Waals surface area contributed by atoms with Gasteiger partial charge in [-0.3, -0.25) is 0 Å². The summed E-state index contributed by atoms with van der Waals surface area (Å²) in [5.74, 6) is -1.32. The smallest absolute Gasteiger partial charge is 0.162 e. The van der Waals surface area contributed by atoms with E-state index in [1.165, 1.54) is 6.07 Å². The van der Waals surface area contributed by atoms with Crippen LogP contribution in [0, 0.1) is 11.6 Å². The molecule has 106 valence electrons. The second-order valence-corrected chi connectivity index (χ2v) is 5.03. The minimum absolute atomic E-state index is 0.0315. The number of hydrogen-bond donors (Lipinski definition) is 1. The van der Waals surface area contributed by atoms with Crippen molar-refractivity contribution >= 4 is 11.6 Å². The predicted molar refractivity (Wildman–Crippen MR) is 75.2 cm³/mol. The first-order valence-electron chi connectivity index (χ1n) is 6.12. The van der Waals surface area contributed by atoms with E-state index in [2.05, 4.69) is 0 Å². The molecule has 0 radical (unpaired) electrons. The van der Waals surface area contributed by atoms with Crippen LogP contribution in [-0.4, -0.2) is 6.04 Å². The van der Waals surface area contributed by atoms with Gasteiger partial charge in [-0.05, 0) is 43.2 Å². The Kier molecular flexibility index (Phi) is 4.57. The number of hydrogen-bond acceptors (Lipinski definition) is 2. The quantitative estimate of drug-likeness (QED) is 0.913. The molecule has 0 saturated carbocycles. The van der Waals surface area contributed by atoms with Crippen molar-refractivity contribution in [2.75, 3.05) is 0 Å². The Hall–Kier alpha value is -1.65. The van der Waals surface area contributed by atoms with Gasteiger partial charge in [-0.15, -0.1) is 0 Å². The number of halogens is 3. The van der Waals surface area contributed by atoms with Crippen molar-refractivity contribution in [3.63, 3.8) is 0 Å².